The highest BCUT2D eigenvalue weighted by Gasteiger charge is 2.53. The summed E-state index contributed by atoms with van der Waals surface area (Å²) in [6.07, 6.45) is 1.70. The first-order valence-electron chi connectivity index (χ1n) is 8.62. The molecule has 0 saturated carbocycles. The van der Waals surface area contributed by atoms with Gasteiger partial charge in [0.2, 0.25) is 11.8 Å². The third-order valence-corrected chi connectivity index (χ3v) is 5.20. The van der Waals surface area contributed by atoms with Crippen molar-refractivity contribution in [3.8, 4) is 0 Å². The summed E-state index contributed by atoms with van der Waals surface area (Å²) in [5.74, 6) is 0.00900. The van der Waals surface area contributed by atoms with Crippen LogP contribution >= 0.6 is 0 Å². The lowest BCUT2D eigenvalue weighted by molar-refractivity contribution is -0.122. The average Bonchev–Trinajstić information content (AvgIpc) is 3.33. The SMILES string of the molecule is Cc1cc(N2CC3C(=O)N(c4ccccc4)C(=O)C3C2)n2nccc2n1. The molecule has 2 atom stereocenters. The van der Waals surface area contributed by atoms with Gasteiger partial charge >= 0.3 is 0 Å². The van der Waals surface area contributed by atoms with E-state index in [1.807, 2.05) is 37.3 Å². The Morgan fingerprint density at radius 1 is 1.00 bits per heavy atom. The van der Waals surface area contributed by atoms with Gasteiger partial charge in [-0.1, -0.05) is 18.2 Å². The van der Waals surface area contributed by atoms with Gasteiger partial charge in [0.15, 0.2) is 5.65 Å². The Kier molecular flexibility index (Phi) is 3.12. The number of aryl methyl sites for hydroxylation is 1. The largest absolute Gasteiger partial charge is 0.355 e. The van der Waals surface area contributed by atoms with E-state index in [-0.39, 0.29) is 23.7 Å². The monoisotopic (exact) mass is 347 g/mol. The van der Waals surface area contributed by atoms with Crippen LogP contribution in [0.15, 0.2) is 48.7 Å². The maximum Gasteiger partial charge on any atom is 0.239 e. The minimum atomic E-state index is -0.318. The summed E-state index contributed by atoms with van der Waals surface area (Å²) in [5.41, 5.74) is 2.30. The number of carbonyl (C=O) groups excluding carboxylic acids is 2. The molecule has 0 radical (unpaired) electrons. The van der Waals surface area contributed by atoms with Crippen molar-refractivity contribution in [2.45, 2.75) is 6.92 Å². The zero-order valence-corrected chi connectivity index (χ0v) is 14.2. The molecule has 2 saturated heterocycles. The molecule has 4 heterocycles. The molecule has 7 nitrogen and oxygen atoms in total. The van der Waals surface area contributed by atoms with E-state index in [1.54, 1.807) is 22.8 Å². The summed E-state index contributed by atoms with van der Waals surface area (Å²) in [5, 5.41) is 4.33. The number of rotatable bonds is 2. The first-order valence-corrected chi connectivity index (χ1v) is 8.62. The molecule has 2 aromatic heterocycles. The Hall–Kier alpha value is -3.22. The van der Waals surface area contributed by atoms with Crippen LogP contribution in [0.5, 0.6) is 0 Å². The molecule has 0 aliphatic carbocycles. The van der Waals surface area contributed by atoms with E-state index in [4.69, 9.17) is 0 Å². The molecule has 5 rings (SSSR count). The smallest absolute Gasteiger partial charge is 0.239 e. The number of benzene rings is 1. The van der Waals surface area contributed by atoms with Gasteiger partial charge < -0.3 is 4.90 Å². The molecule has 0 spiro atoms. The molecule has 2 aliphatic heterocycles. The second-order valence-electron chi connectivity index (χ2n) is 6.82. The third-order valence-electron chi connectivity index (χ3n) is 5.20. The zero-order chi connectivity index (χ0) is 17.8. The topological polar surface area (TPSA) is 70.8 Å². The van der Waals surface area contributed by atoms with Gasteiger partial charge in [-0.3, -0.25) is 9.59 Å². The Morgan fingerprint density at radius 2 is 1.69 bits per heavy atom. The molecule has 2 aliphatic rings. The van der Waals surface area contributed by atoms with Gasteiger partial charge in [-0.2, -0.15) is 9.61 Å². The molecule has 3 aromatic rings. The summed E-state index contributed by atoms with van der Waals surface area (Å²) >= 11 is 0. The minimum absolute atomic E-state index is 0.115. The van der Waals surface area contributed by atoms with Crippen LogP contribution in [0.4, 0.5) is 11.5 Å². The lowest BCUT2D eigenvalue weighted by Gasteiger charge is -2.23. The number of fused-ring (bicyclic) bond motifs is 2. The summed E-state index contributed by atoms with van der Waals surface area (Å²) in [6.45, 7) is 2.95. The van der Waals surface area contributed by atoms with E-state index in [0.717, 1.165) is 17.2 Å². The van der Waals surface area contributed by atoms with E-state index in [2.05, 4.69) is 15.0 Å². The van der Waals surface area contributed by atoms with Crippen molar-refractivity contribution in [2.24, 2.45) is 11.8 Å². The molecule has 26 heavy (non-hydrogen) atoms. The maximum absolute atomic E-state index is 12.9. The van der Waals surface area contributed by atoms with Crippen molar-refractivity contribution in [3.63, 3.8) is 0 Å². The first kappa shape index (κ1) is 15.1. The summed E-state index contributed by atoms with van der Waals surface area (Å²) in [6, 6.07) is 12.9. The van der Waals surface area contributed by atoms with Crippen LogP contribution in [0, 0.1) is 18.8 Å². The van der Waals surface area contributed by atoms with E-state index in [1.165, 1.54) is 4.90 Å². The van der Waals surface area contributed by atoms with Gasteiger partial charge in [0, 0.05) is 30.9 Å². The van der Waals surface area contributed by atoms with Crippen LogP contribution in [0.2, 0.25) is 0 Å². The van der Waals surface area contributed by atoms with Crippen molar-refractivity contribution >= 4 is 29.0 Å². The standard InChI is InChI=1S/C19H17N5O2/c1-12-9-17(24-16(21-12)7-8-20-24)22-10-14-15(11-22)19(26)23(18(14)25)13-5-3-2-4-6-13/h2-9,14-15H,10-11H2,1H3. The number of carbonyl (C=O) groups is 2. The van der Waals surface area contributed by atoms with Gasteiger partial charge in [0.25, 0.3) is 0 Å². The number of anilines is 2. The number of hydrogen-bond acceptors (Lipinski definition) is 5. The van der Waals surface area contributed by atoms with Crippen molar-refractivity contribution in [1.29, 1.82) is 0 Å². The number of amides is 2. The molecule has 2 fully saturated rings. The molecule has 7 heteroatoms. The van der Waals surface area contributed by atoms with Gasteiger partial charge in [-0.05, 0) is 19.1 Å². The summed E-state index contributed by atoms with van der Waals surface area (Å²) in [4.78, 5) is 33.7. The van der Waals surface area contributed by atoms with Crippen LogP contribution < -0.4 is 9.80 Å². The number of nitrogens with zero attached hydrogens (tertiary/aromatic N) is 5. The van der Waals surface area contributed by atoms with Crippen LogP contribution in [0.3, 0.4) is 0 Å². The van der Waals surface area contributed by atoms with Crippen LogP contribution in [-0.2, 0) is 9.59 Å². The van der Waals surface area contributed by atoms with Crippen LogP contribution in [0.1, 0.15) is 5.69 Å². The van der Waals surface area contributed by atoms with Crippen molar-refractivity contribution < 1.29 is 9.59 Å². The van der Waals surface area contributed by atoms with Gasteiger partial charge in [-0.15, -0.1) is 0 Å². The highest BCUT2D eigenvalue weighted by molar-refractivity contribution is 6.22. The predicted molar refractivity (Wildman–Crippen MR) is 95.9 cm³/mol. The third kappa shape index (κ3) is 2.06. The Bertz CT molecular complexity index is 1000. The van der Waals surface area contributed by atoms with E-state index in [0.29, 0.717) is 18.8 Å². The fourth-order valence-corrected chi connectivity index (χ4v) is 4.01. The second-order valence-corrected chi connectivity index (χ2v) is 6.82. The first-order chi connectivity index (χ1) is 12.6. The molecule has 2 amide bonds. The molecule has 130 valence electrons. The highest BCUT2D eigenvalue weighted by Crippen LogP contribution is 2.38. The predicted octanol–water partition coefficient (Wildman–Crippen LogP) is 1.66. The lowest BCUT2D eigenvalue weighted by atomic mass is 10.00. The second kappa shape index (κ2) is 5.39. The van der Waals surface area contributed by atoms with E-state index < -0.39 is 0 Å². The van der Waals surface area contributed by atoms with Gasteiger partial charge in [-0.25, -0.2) is 9.88 Å². The van der Waals surface area contributed by atoms with Crippen LogP contribution in [-0.4, -0.2) is 39.5 Å². The zero-order valence-electron chi connectivity index (χ0n) is 14.2. The summed E-state index contributed by atoms with van der Waals surface area (Å²) < 4.78 is 1.76. The summed E-state index contributed by atoms with van der Waals surface area (Å²) in [7, 11) is 0. The fraction of sp³-hybridized carbons (Fsp3) is 0.263. The van der Waals surface area contributed by atoms with Crippen molar-refractivity contribution in [1.82, 2.24) is 14.6 Å². The lowest BCUT2D eigenvalue weighted by Crippen LogP contribution is -2.36. The number of hydrogen-bond donors (Lipinski definition) is 0. The van der Waals surface area contributed by atoms with E-state index in [9.17, 15) is 9.59 Å². The Balaban J connectivity index is 1.48. The average molecular weight is 347 g/mol. The van der Waals surface area contributed by atoms with Crippen molar-refractivity contribution in [2.75, 3.05) is 22.9 Å². The highest BCUT2D eigenvalue weighted by atomic mass is 16.2. The number of imide groups is 1. The normalized spacial score (nSPS) is 22.5. The minimum Gasteiger partial charge on any atom is -0.355 e. The molecule has 0 bridgehead atoms. The molecular weight excluding hydrogens is 330 g/mol. The number of para-hydroxylation sites is 1. The fourth-order valence-electron chi connectivity index (χ4n) is 4.01. The maximum atomic E-state index is 12.9. The van der Waals surface area contributed by atoms with Crippen molar-refractivity contribution in [3.05, 3.63) is 54.4 Å². The Labute approximate surface area is 149 Å². The van der Waals surface area contributed by atoms with Gasteiger partial charge in [0.1, 0.15) is 5.82 Å². The molecular formula is C19H17N5O2. The van der Waals surface area contributed by atoms with E-state index >= 15 is 0 Å². The molecule has 0 N–H and O–H groups in total. The van der Waals surface area contributed by atoms with Crippen LogP contribution in [0.25, 0.3) is 5.65 Å². The number of aromatic nitrogens is 3. The van der Waals surface area contributed by atoms with Gasteiger partial charge in [0.05, 0.1) is 23.7 Å². The quantitative estimate of drug-likeness (QED) is 0.660. The molecule has 2 unspecified atom stereocenters. The molecule has 1 aromatic carbocycles. The Morgan fingerprint density at radius 3 is 2.38 bits per heavy atom.